The minimum atomic E-state index is 0.0523. The second-order valence-corrected chi connectivity index (χ2v) is 7.42. The van der Waals surface area contributed by atoms with Gasteiger partial charge in [-0.2, -0.15) is 0 Å². The summed E-state index contributed by atoms with van der Waals surface area (Å²) in [5, 5.41) is 3.12. The molecule has 1 N–H and O–H groups in total. The SMILES string of the molecule is CCC[C@@H]1CN(Cc2cc(OC)c(SC)cc2OC)C[C@H]1NC(C)=O. The second-order valence-electron chi connectivity index (χ2n) is 6.57. The number of thioether (sulfide) groups is 1. The molecular formula is C19H30N2O3S. The van der Waals surface area contributed by atoms with Gasteiger partial charge in [0.05, 0.1) is 19.1 Å². The number of rotatable bonds is 8. The van der Waals surface area contributed by atoms with E-state index in [2.05, 4.69) is 23.2 Å². The fourth-order valence-electron chi connectivity index (χ4n) is 3.63. The third kappa shape index (κ3) is 5.05. The van der Waals surface area contributed by atoms with E-state index in [0.717, 1.165) is 54.4 Å². The third-order valence-electron chi connectivity index (χ3n) is 4.75. The van der Waals surface area contributed by atoms with Gasteiger partial charge in [-0.3, -0.25) is 9.69 Å². The maximum Gasteiger partial charge on any atom is 0.217 e. The molecule has 140 valence electrons. The maximum absolute atomic E-state index is 11.5. The van der Waals surface area contributed by atoms with Crippen LogP contribution in [0.25, 0.3) is 0 Å². The highest BCUT2D eigenvalue weighted by Gasteiger charge is 2.33. The molecule has 1 aromatic carbocycles. The summed E-state index contributed by atoms with van der Waals surface area (Å²) in [5.74, 6) is 2.33. The van der Waals surface area contributed by atoms with Crippen LogP contribution in [0.5, 0.6) is 11.5 Å². The van der Waals surface area contributed by atoms with E-state index in [1.54, 1.807) is 32.9 Å². The highest BCUT2D eigenvalue weighted by Crippen LogP contribution is 2.36. The number of methoxy groups -OCH3 is 2. The minimum Gasteiger partial charge on any atom is -0.496 e. The van der Waals surface area contributed by atoms with E-state index in [9.17, 15) is 4.79 Å². The molecule has 0 aliphatic carbocycles. The van der Waals surface area contributed by atoms with Crippen molar-refractivity contribution < 1.29 is 14.3 Å². The van der Waals surface area contributed by atoms with Crippen LogP contribution in [-0.2, 0) is 11.3 Å². The molecule has 0 unspecified atom stereocenters. The van der Waals surface area contributed by atoms with Crippen LogP contribution in [0.4, 0.5) is 0 Å². The molecule has 6 heteroatoms. The fraction of sp³-hybridized carbons (Fsp3) is 0.632. The van der Waals surface area contributed by atoms with Gasteiger partial charge in [0, 0.05) is 38.2 Å². The molecule has 1 aromatic rings. The van der Waals surface area contributed by atoms with E-state index in [1.165, 1.54) is 0 Å². The number of nitrogens with zero attached hydrogens (tertiary/aromatic N) is 1. The Bertz CT molecular complexity index is 594. The van der Waals surface area contributed by atoms with E-state index in [-0.39, 0.29) is 11.9 Å². The molecule has 0 spiro atoms. The molecule has 2 rings (SSSR count). The van der Waals surface area contributed by atoms with Crippen molar-refractivity contribution in [1.82, 2.24) is 10.2 Å². The number of hydrogen-bond donors (Lipinski definition) is 1. The maximum atomic E-state index is 11.5. The number of likely N-dealkylation sites (tertiary alicyclic amines) is 1. The van der Waals surface area contributed by atoms with Crippen molar-refractivity contribution in [3.63, 3.8) is 0 Å². The van der Waals surface area contributed by atoms with Crippen LogP contribution in [0.2, 0.25) is 0 Å². The molecular weight excluding hydrogens is 336 g/mol. The lowest BCUT2D eigenvalue weighted by Gasteiger charge is -2.19. The van der Waals surface area contributed by atoms with Crippen LogP contribution >= 0.6 is 11.8 Å². The lowest BCUT2D eigenvalue weighted by atomic mass is 9.98. The van der Waals surface area contributed by atoms with Crippen LogP contribution in [0.1, 0.15) is 32.3 Å². The van der Waals surface area contributed by atoms with Crippen LogP contribution < -0.4 is 14.8 Å². The number of carbonyl (C=O) groups is 1. The van der Waals surface area contributed by atoms with Crippen LogP contribution in [0.3, 0.4) is 0 Å². The molecule has 1 heterocycles. The van der Waals surface area contributed by atoms with Gasteiger partial charge in [0.25, 0.3) is 0 Å². The molecule has 5 nitrogen and oxygen atoms in total. The molecule has 25 heavy (non-hydrogen) atoms. The van der Waals surface area contributed by atoms with E-state index in [1.807, 2.05) is 12.3 Å². The van der Waals surface area contributed by atoms with Gasteiger partial charge in [-0.15, -0.1) is 11.8 Å². The highest BCUT2D eigenvalue weighted by atomic mass is 32.2. The number of carbonyl (C=O) groups excluding carboxylic acids is 1. The Labute approximate surface area is 155 Å². The average molecular weight is 367 g/mol. The molecule has 1 fully saturated rings. The number of benzene rings is 1. The van der Waals surface area contributed by atoms with Crippen LogP contribution in [0.15, 0.2) is 17.0 Å². The van der Waals surface area contributed by atoms with Crippen molar-refractivity contribution in [1.29, 1.82) is 0 Å². The van der Waals surface area contributed by atoms with E-state index in [4.69, 9.17) is 9.47 Å². The zero-order valence-corrected chi connectivity index (χ0v) is 16.7. The molecule has 0 saturated carbocycles. The first kappa shape index (κ1) is 19.9. The first-order valence-electron chi connectivity index (χ1n) is 8.80. The lowest BCUT2D eigenvalue weighted by molar-refractivity contribution is -0.119. The predicted octanol–water partition coefficient (Wildman–Crippen LogP) is 3.16. The number of hydrogen-bond acceptors (Lipinski definition) is 5. The fourth-order valence-corrected chi connectivity index (χ4v) is 4.20. The molecule has 1 aliphatic rings. The second kappa shape index (κ2) is 9.34. The van der Waals surface area contributed by atoms with Gasteiger partial charge in [-0.25, -0.2) is 0 Å². The monoisotopic (exact) mass is 366 g/mol. The molecule has 1 aliphatic heterocycles. The summed E-state index contributed by atoms with van der Waals surface area (Å²) in [6.07, 6.45) is 4.30. The molecule has 1 amide bonds. The Morgan fingerprint density at radius 3 is 2.56 bits per heavy atom. The first-order chi connectivity index (χ1) is 12.0. The van der Waals surface area contributed by atoms with Crippen molar-refractivity contribution in [3.8, 4) is 11.5 Å². The van der Waals surface area contributed by atoms with Crippen LogP contribution in [0, 0.1) is 5.92 Å². The van der Waals surface area contributed by atoms with Crippen molar-refractivity contribution in [2.24, 2.45) is 5.92 Å². The summed E-state index contributed by atoms with van der Waals surface area (Å²) in [7, 11) is 3.41. The zero-order chi connectivity index (χ0) is 18.4. The van der Waals surface area contributed by atoms with Gasteiger partial charge in [0.2, 0.25) is 5.91 Å². The molecule has 2 atom stereocenters. The molecule has 0 aromatic heterocycles. The number of ether oxygens (including phenoxy) is 2. The van der Waals surface area contributed by atoms with Gasteiger partial charge in [0.1, 0.15) is 11.5 Å². The molecule has 0 radical (unpaired) electrons. The van der Waals surface area contributed by atoms with Crippen LogP contribution in [-0.4, -0.2) is 50.4 Å². The standard InChI is InChI=1S/C19H30N2O3S/c1-6-7-14-10-21(12-16(14)20-13(2)22)11-15-8-18(24-4)19(25-5)9-17(15)23-3/h8-9,14,16H,6-7,10-12H2,1-5H3,(H,20,22)/t14-,16-/m1/s1. The zero-order valence-electron chi connectivity index (χ0n) is 15.9. The summed E-state index contributed by atoms with van der Waals surface area (Å²) in [6, 6.07) is 4.35. The van der Waals surface area contributed by atoms with Crippen molar-refractivity contribution >= 4 is 17.7 Å². The lowest BCUT2D eigenvalue weighted by Crippen LogP contribution is -2.39. The Hall–Kier alpha value is -1.40. The number of nitrogens with one attached hydrogen (secondary N) is 1. The van der Waals surface area contributed by atoms with E-state index in [0.29, 0.717) is 5.92 Å². The largest absolute Gasteiger partial charge is 0.496 e. The summed E-state index contributed by atoms with van der Waals surface area (Å²) >= 11 is 1.65. The van der Waals surface area contributed by atoms with Gasteiger partial charge in [-0.1, -0.05) is 13.3 Å². The topological polar surface area (TPSA) is 50.8 Å². The van der Waals surface area contributed by atoms with Crippen molar-refractivity contribution in [3.05, 3.63) is 17.7 Å². The molecule has 1 saturated heterocycles. The number of amides is 1. The first-order valence-corrected chi connectivity index (χ1v) is 10.0. The average Bonchev–Trinajstić information content (AvgIpc) is 2.95. The third-order valence-corrected chi connectivity index (χ3v) is 5.50. The Morgan fingerprint density at radius 1 is 1.28 bits per heavy atom. The van der Waals surface area contributed by atoms with Gasteiger partial charge in [-0.05, 0) is 30.7 Å². The quantitative estimate of drug-likeness (QED) is 0.716. The van der Waals surface area contributed by atoms with Crippen molar-refractivity contribution in [2.75, 3.05) is 33.6 Å². The molecule has 0 bridgehead atoms. The summed E-state index contributed by atoms with van der Waals surface area (Å²) in [6.45, 7) is 6.46. The Balaban J connectivity index is 2.17. The van der Waals surface area contributed by atoms with Crippen molar-refractivity contribution in [2.45, 2.75) is 44.2 Å². The predicted molar refractivity (Wildman–Crippen MR) is 103 cm³/mol. The normalized spacial score (nSPS) is 20.5. The van der Waals surface area contributed by atoms with E-state index >= 15 is 0 Å². The minimum absolute atomic E-state index is 0.0523. The Morgan fingerprint density at radius 2 is 2.00 bits per heavy atom. The highest BCUT2D eigenvalue weighted by molar-refractivity contribution is 7.98. The summed E-state index contributed by atoms with van der Waals surface area (Å²) in [4.78, 5) is 15.0. The van der Waals surface area contributed by atoms with Gasteiger partial charge in [0.15, 0.2) is 0 Å². The smallest absolute Gasteiger partial charge is 0.217 e. The Kier molecular flexibility index (Phi) is 7.44. The summed E-state index contributed by atoms with van der Waals surface area (Å²) in [5.41, 5.74) is 1.12. The van der Waals surface area contributed by atoms with Gasteiger partial charge >= 0.3 is 0 Å². The van der Waals surface area contributed by atoms with Gasteiger partial charge < -0.3 is 14.8 Å². The summed E-state index contributed by atoms with van der Waals surface area (Å²) < 4.78 is 11.1. The van der Waals surface area contributed by atoms with E-state index < -0.39 is 0 Å².